The van der Waals surface area contributed by atoms with Crippen LogP contribution in [-0.2, 0) is 4.79 Å². The van der Waals surface area contributed by atoms with Crippen LogP contribution in [0.3, 0.4) is 0 Å². The number of nitrogens with zero attached hydrogens (tertiary/aromatic N) is 1. The van der Waals surface area contributed by atoms with Crippen molar-refractivity contribution < 1.29 is 9.90 Å². The standard InChI is InChI=1S/C15H21NO2/c1-2-3-4-5-14(17)12-6-8-13(9-7-12)16-11-10-15(16)18/h6-9,14,17H,2-5,10-11H2,1H3. The Balaban J connectivity index is 1.92. The number of unbranched alkanes of at least 4 members (excludes halogenated alkanes) is 2. The quantitative estimate of drug-likeness (QED) is 0.620. The van der Waals surface area contributed by atoms with Crippen LogP contribution in [0.1, 0.15) is 50.7 Å². The van der Waals surface area contributed by atoms with E-state index in [4.69, 9.17) is 0 Å². The highest BCUT2D eigenvalue weighted by Crippen LogP contribution is 2.25. The van der Waals surface area contributed by atoms with Crippen LogP contribution in [-0.4, -0.2) is 17.6 Å². The summed E-state index contributed by atoms with van der Waals surface area (Å²) >= 11 is 0. The maximum Gasteiger partial charge on any atom is 0.228 e. The lowest BCUT2D eigenvalue weighted by Gasteiger charge is -2.30. The van der Waals surface area contributed by atoms with E-state index in [1.807, 2.05) is 24.3 Å². The summed E-state index contributed by atoms with van der Waals surface area (Å²) < 4.78 is 0. The van der Waals surface area contributed by atoms with Crippen LogP contribution in [0.15, 0.2) is 24.3 Å². The molecule has 3 nitrogen and oxygen atoms in total. The van der Waals surface area contributed by atoms with E-state index in [1.54, 1.807) is 4.90 Å². The summed E-state index contributed by atoms with van der Waals surface area (Å²) in [5.74, 6) is 0.186. The third-order valence-corrected chi connectivity index (χ3v) is 3.52. The van der Waals surface area contributed by atoms with Crippen molar-refractivity contribution in [1.82, 2.24) is 0 Å². The SMILES string of the molecule is CCCCCC(O)c1ccc(N2CCC2=O)cc1. The zero-order valence-electron chi connectivity index (χ0n) is 10.9. The van der Waals surface area contributed by atoms with E-state index in [1.165, 1.54) is 6.42 Å². The number of anilines is 1. The second-order valence-electron chi connectivity index (χ2n) is 4.90. The molecule has 0 spiro atoms. The van der Waals surface area contributed by atoms with Crippen LogP contribution >= 0.6 is 0 Å². The second-order valence-corrected chi connectivity index (χ2v) is 4.90. The molecule has 18 heavy (non-hydrogen) atoms. The lowest BCUT2D eigenvalue weighted by molar-refractivity contribution is -0.122. The minimum absolute atomic E-state index is 0.186. The van der Waals surface area contributed by atoms with Crippen LogP contribution in [0.2, 0.25) is 0 Å². The molecule has 1 fully saturated rings. The molecule has 1 amide bonds. The predicted octanol–water partition coefficient (Wildman–Crippen LogP) is 3.04. The van der Waals surface area contributed by atoms with Crippen molar-refractivity contribution in [2.75, 3.05) is 11.4 Å². The molecule has 1 aliphatic heterocycles. The molecule has 1 atom stereocenters. The Hall–Kier alpha value is -1.35. The van der Waals surface area contributed by atoms with Crippen molar-refractivity contribution in [1.29, 1.82) is 0 Å². The van der Waals surface area contributed by atoms with Crippen molar-refractivity contribution in [3.05, 3.63) is 29.8 Å². The average molecular weight is 247 g/mol. The molecule has 1 aliphatic rings. The summed E-state index contributed by atoms with van der Waals surface area (Å²) in [5, 5.41) is 10.0. The van der Waals surface area contributed by atoms with Crippen LogP contribution in [0.4, 0.5) is 5.69 Å². The fourth-order valence-electron chi connectivity index (χ4n) is 2.22. The van der Waals surface area contributed by atoms with Gasteiger partial charge in [0, 0.05) is 18.7 Å². The largest absolute Gasteiger partial charge is 0.388 e. The fourth-order valence-corrected chi connectivity index (χ4v) is 2.22. The van der Waals surface area contributed by atoms with Crippen LogP contribution in [0.25, 0.3) is 0 Å². The summed E-state index contributed by atoms with van der Waals surface area (Å²) in [6.07, 6.45) is 4.49. The van der Waals surface area contributed by atoms with Crippen molar-refractivity contribution in [2.45, 2.75) is 45.1 Å². The first kappa shape index (κ1) is 13.1. The number of aliphatic hydroxyl groups excluding tert-OH is 1. The summed E-state index contributed by atoms with van der Waals surface area (Å²) in [5.41, 5.74) is 1.89. The van der Waals surface area contributed by atoms with E-state index >= 15 is 0 Å². The highest BCUT2D eigenvalue weighted by atomic mass is 16.3. The molecule has 3 heteroatoms. The molecule has 0 aromatic heterocycles. The molecule has 1 aromatic carbocycles. The van der Waals surface area contributed by atoms with Gasteiger partial charge in [-0.3, -0.25) is 4.79 Å². The van der Waals surface area contributed by atoms with Gasteiger partial charge in [0.1, 0.15) is 0 Å². The van der Waals surface area contributed by atoms with Gasteiger partial charge >= 0.3 is 0 Å². The molecule has 0 aliphatic carbocycles. The lowest BCUT2D eigenvalue weighted by Crippen LogP contribution is -2.43. The third kappa shape index (κ3) is 2.91. The monoisotopic (exact) mass is 247 g/mol. The summed E-state index contributed by atoms with van der Waals surface area (Å²) in [6, 6.07) is 7.71. The molecule has 1 unspecified atom stereocenters. The number of hydrogen-bond acceptors (Lipinski definition) is 2. The number of rotatable bonds is 6. The molecule has 1 saturated heterocycles. The van der Waals surface area contributed by atoms with Gasteiger partial charge in [-0.2, -0.15) is 0 Å². The smallest absolute Gasteiger partial charge is 0.228 e. The fraction of sp³-hybridized carbons (Fsp3) is 0.533. The summed E-state index contributed by atoms with van der Waals surface area (Å²) in [7, 11) is 0. The number of hydrogen-bond donors (Lipinski definition) is 1. The van der Waals surface area contributed by atoms with Crippen molar-refractivity contribution in [3.8, 4) is 0 Å². The maximum atomic E-state index is 11.3. The van der Waals surface area contributed by atoms with E-state index in [0.29, 0.717) is 6.42 Å². The van der Waals surface area contributed by atoms with Gasteiger partial charge in [-0.05, 0) is 24.1 Å². The Morgan fingerprint density at radius 3 is 2.50 bits per heavy atom. The second kappa shape index (κ2) is 6.01. The zero-order chi connectivity index (χ0) is 13.0. The molecule has 2 rings (SSSR count). The van der Waals surface area contributed by atoms with Crippen molar-refractivity contribution in [2.24, 2.45) is 0 Å². The number of aliphatic hydroxyl groups is 1. The maximum absolute atomic E-state index is 11.3. The van der Waals surface area contributed by atoms with Gasteiger partial charge in [-0.15, -0.1) is 0 Å². The van der Waals surface area contributed by atoms with Gasteiger partial charge in [0.2, 0.25) is 5.91 Å². The number of benzene rings is 1. The predicted molar refractivity (Wildman–Crippen MR) is 72.5 cm³/mol. The Morgan fingerprint density at radius 2 is 2.00 bits per heavy atom. The van der Waals surface area contributed by atoms with Gasteiger partial charge in [0.15, 0.2) is 0 Å². The van der Waals surface area contributed by atoms with Gasteiger partial charge in [-0.25, -0.2) is 0 Å². The molecule has 0 bridgehead atoms. The normalized spacial score (nSPS) is 16.6. The summed E-state index contributed by atoms with van der Waals surface area (Å²) in [6.45, 7) is 2.97. The van der Waals surface area contributed by atoms with Crippen LogP contribution in [0, 0.1) is 0 Å². The number of β-lactam (4-membered cyclic amide) rings is 1. The van der Waals surface area contributed by atoms with Crippen LogP contribution in [0.5, 0.6) is 0 Å². The first-order chi connectivity index (χ1) is 8.72. The highest BCUT2D eigenvalue weighted by Gasteiger charge is 2.24. The molecule has 0 radical (unpaired) electrons. The van der Waals surface area contributed by atoms with Gasteiger partial charge < -0.3 is 10.0 Å². The molecular weight excluding hydrogens is 226 g/mol. The molecule has 1 heterocycles. The zero-order valence-corrected chi connectivity index (χ0v) is 10.9. The molecule has 0 saturated carbocycles. The Labute approximate surface area is 108 Å². The van der Waals surface area contributed by atoms with E-state index in [9.17, 15) is 9.90 Å². The topological polar surface area (TPSA) is 40.5 Å². The molecule has 98 valence electrons. The summed E-state index contributed by atoms with van der Waals surface area (Å²) in [4.78, 5) is 13.1. The first-order valence-electron chi connectivity index (χ1n) is 6.80. The highest BCUT2D eigenvalue weighted by molar-refractivity contribution is 5.99. The van der Waals surface area contributed by atoms with Gasteiger partial charge in [0.25, 0.3) is 0 Å². The average Bonchev–Trinajstić information content (AvgIpc) is 2.38. The Morgan fingerprint density at radius 1 is 1.28 bits per heavy atom. The van der Waals surface area contributed by atoms with E-state index in [2.05, 4.69) is 6.92 Å². The lowest BCUT2D eigenvalue weighted by atomic mass is 10.0. The first-order valence-corrected chi connectivity index (χ1v) is 6.80. The van der Waals surface area contributed by atoms with E-state index in [0.717, 1.165) is 37.1 Å². The molecule has 1 N–H and O–H groups in total. The Kier molecular flexibility index (Phi) is 4.37. The Bertz CT molecular complexity index is 399. The van der Waals surface area contributed by atoms with E-state index in [-0.39, 0.29) is 12.0 Å². The minimum atomic E-state index is -0.377. The van der Waals surface area contributed by atoms with Gasteiger partial charge in [0.05, 0.1) is 6.10 Å². The van der Waals surface area contributed by atoms with Crippen molar-refractivity contribution in [3.63, 3.8) is 0 Å². The molecular formula is C15H21NO2. The van der Waals surface area contributed by atoms with Crippen LogP contribution < -0.4 is 4.90 Å². The van der Waals surface area contributed by atoms with Gasteiger partial charge in [-0.1, -0.05) is 38.3 Å². The molecule has 1 aromatic rings. The van der Waals surface area contributed by atoms with E-state index < -0.39 is 0 Å². The number of carbonyl (C=O) groups excluding carboxylic acids is 1. The minimum Gasteiger partial charge on any atom is -0.388 e. The number of carbonyl (C=O) groups is 1. The number of amides is 1. The third-order valence-electron chi connectivity index (χ3n) is 3.52. The van der Waals surface area contributed by atoms with Crippen molar-refractivity contribution >= 4 is 11.6 Å².